The van der Waals surface area contributed by atoms with Crippen LogP contribution in [0, 0.1) is 17.3 Å². The summed E-state index contributed by atoms with van der Waals surface area (Å²) in [7, 11) is 0. The fourth-order valence-electron chi connectivity index (χ4n) is 4.90. The summed E-state index contributed by atoms with van der Waals surface area (Å²) in [5, 5.41) is 21.8. The normalized spacial score (nSPS) is 44.8. The highest BCUT2D eigenvalue weighted by molar-refractivity contribution is 5.11. The number of allylic oxidation sites excluding steroid dienone is 3. The van der Waals surface area contributed by atoms with E-state index in [0.717, 1.165) is 32.1 Å². The number of hydrogen-bond acceptors (Lipinski definition) is 2. The number of fused-ring (bicyclic) bond motifs is 2. The van der Waals surface area contributed by atoms with Gasteiger partial charge in [0.2, 0.25) is 0 Å². The maximum atomic E-state index is 10.9. The third-order valence-corrected chi connectivity index (χ3v) is 6.22. The van der Waals surface area contributed by atoms with Crippen molar-refractivity contribution in [1.82, 2.24) is 0 Å². The molecule has 0 radical (unpaired) electrons. The van der Waals surface area contributed by atoms with Gasteiger partial charge in [0.05, 0.1) is 11.7 Å². The molecule has 0 aliphatic heterocycles. The molecule has 0 unspecified atom stereocenters. The Hall–Kier alpha value is -0.600. The molecule has 2 bridgehead atoms. The minimum absolute atomic E-state index is 0.0581. The Morgan fingerprint density at radius 1 is 1.09 bits per heavy atom. The predicted molar refractivity (Wildman–Crippen MR) is 92.6 cm³/mol. The molecule has 2 heteroatoms. The number of aliphatic hydroxyl groups is 2. The Morgan fingerprint density at radius 3 is 2.45 bits per heavy atom. The second-order valence-electron chi connectivity index (χ2n) is 8.54. The van der Waals surface area contributed by atoms with Crippen LogP contribution in [-0.2, 0) is 0 Å². The van der Waals surface area contributed by atoms with Gasteiger partial charge in [-0.05, 0) is 70.6 Å². The van der Waals surface area contributed by atoms with Crippen molar-refractivity contribution in [2.45, 2.75) is 84.8 Å². The third-order valence-electron chi connectivity index (χ3n) is 6.22. The van der Waals surface area contributed by atoms with Gasteiger partial charge < -0.3 is 10.2 Å². The van der Waals surface area contributed by atoms with Crippen molar-refractivity contribution in [1.29, 1.82) is 0 Å². The lowest BCUT2D eigenvalue weighted by atomic mass is 9.54. The van der Waals surface area contributed by atoms with Crippen molar-refractivity contribution in [3.05, 3.63) is 23.3 Å². The Kier molecular flexibility index (Phi) is 5.23. The minimum atomic E-state index is -0.775. The van der Waals surface area contributed by atoms with Gasteiger partial charge in [-0.15, -0.1) is 0 Å². The molecule has 0 aromatic carbocycles. The molecule has 126 valence electrons. The maximum Gasteiger partial charge on any atom is 0.0677 e. The van der Waals surface area contributed by atoms with Crippen molar-refractivity contribution in [2.75, 3.05) is 0 Å². The van der Waals surface area contributed by atoms with E-state index < -0.39 is 11.7 Å². The monoisotopic (exact) mass is 306 g/mol. The van der Waals surface area contributed by atoms with Gasteiger partial charge in [0, 0.05) is 5.92 Å². The van der Waals surface area contributed by atoms with E-state index in [4.69, 9.17) is 0 Å². The summed E-state index contributed by atoms with van der Waals surface area (Å²) in [6, 6.07) is 0. The van der Waals surface area contributed by atoms with Crippen LogP contribution in [-0.4, -0.2) is 21.9 Å². The van der Waals surface area contributed by atoms with Crippen LogP contribution >= 0.6 is 0 Å². The zero-order valence-electron chi connectivity index (χ0n) is 15.0. The van der Waals surface area contributed by atoms with Crippen molar-refractivity contribution in [2.24, 2.45) is 17.3 Å². The smallest absolute Gasteiger partial charge is 0.0677 e. The summed E-state index contributed by atoms with van der Waals surface area (Å²) >= 11 is 0. The molecule has 0 aromatic rings. The molecule has 1 saturated carbocycles. The molecule has 0 spiro atoms. The van der Waals surface area contributed by atoms with E-state index in [0.29, 0.717) is 12.3 Å². The summed E-state index contributed by atoms with van der Waals surface area (Å²) in [6.45, 7) is 10.7. The van der Waals surface area contributed by atoms with Crippen LogP contribution in [0.4, 0.5) is 0 Å². The first kappa shape index (κ1) is 17.7. The van der Waals surface area contributed by atoms with Crippen LogP contribution in [0.25, 0.3) is 0 Å². The maximum absolute atomic E-state index is 10.9. The predicted octanol–water partition coefficient (Wildman–Crippen LogP) is 4.62. The Bertz CT molecular complexity index is 456. The molecule has 0 saturated heterocycles. The summed E-state index contributed by atoms with van der Waals surface area (Å²) in [5.41, 5.74) is 1.88. The van der Waals surface area contributed by atoms with E-state index in [1.807, 2.05) is 6.92 Å². The summed E-state index contributed by atoms with van der Waals surface area (Å²) < 4.78 is 0. The first-order valence-electron chi connectivity index (χ1n) is 8.86. The number of hydrogen-bond donors (Lipinski definition) is 2. The molecule has 4 atom stereocenters. The average molecular weight is 306 g/mol. The molecule has 0 aromatic heterocycles. The largest absolute Gasteiger partial charge is 0.392 e. The van der Waals surface area contributed by atoms with Crippen LogP contribution in [0.3, 0.4) is 0 Å². The first-order chi connectivity index (χ1) is 10.1. The van der Waals surface area contributed by atoms with E-state index in [9.17, 15) is 10.2 Å². The van der Waals surface area contributed by atoms with Crippen molar-refractivity contribution < 1.29 is 10.2 Å². The van der Waals surface area contributed by atoms with Crippen molar-refractivity contribution in [3.8, 4) is 0 Å². The van der Waals surface area contributed by atoms with Gasteiger partial charge in [-0.2, -0.15) is 0 Å². The fraction of sp³-hybridized carbons (Fsp3) is 0.800. The van der Waals surface area contributed by atoms with Crippen molar-refractivity contribution in [3.63, 3.8) is 0 Å². The lowest BCUT2D eigenvalue weighted by Gasteiger charge is -2.54. The first-order valence-corrected chi connectivity index (χ1v) is 8.86. The Balaban J connectivity index is 2.39. The molecular weight excluding hydrogens is 272 g/mol. The second-order valence-corrected chi connectivity index (χ2v) is 8.54. The van der Waals surface area contributed by atoms with Crippen LogP contribution in [0.5, 0.6) is 0 Å². The molecule has 2 nitrogen and oxygen atoms in total. The average Bonchev–Trinajstić information content (AvgIpc) is 2.35. The quantitative estimate of drug-likeness (QED) is 0.641. The van der Waals surface area contributed by atoms with E-state index in [2.05, 4.69) is 39.8 Å². The Labute approximate surface area is 136 Å². The summed E-state index contributed by atoms with van der Waals surface area (Å²) in [4.78, 5) is 0. The molecule has 2 aliphatic rings. The van der Waals surface area contributed by atoms with Gasteiger partial charge in [-0.1, -0.05) is 37.1 Å². The van der Waals surface area contributed by atoms with Crippen molar-refractivity contribution >= 4 is 0 Å². The van der Waals surface area contributed by atoms with E-state index in [-0.39, 0.29) is 11.3 Å². The molecule has 2 rings (SSSR count). The zero-order chi connectivity index (χ0) is 16.5. The highest BCUT2D eigenvalue weighted by Gasteiger charge is 2.52. The third kappa shape index (κ3) is 3.65. The zero-order valence-corrected chi connectivity index (χ0v) is 15.0. The molecule has 1 fully saturated rings. The minimum Gasteiger partial charge on any atom is -0.392 e. The van der Waals surface area contributed by atoms with Gasteiger partial charge >= 0.3 is 0 Å². The van der Waals surface area contributed by atoms with Gasteiger partial charge in [0.15, 0.2) is 0 Å². The van der Waals surface area contributed by atoms with Crippen LogP contribution in [0.2, 0.25) is 0 Å². The van der Waals surface area contributed by atoms with E-state index >= 15 is 0 Å². The lowest BCUT2D eigenvalue weighted by molar-refractivity contribution is -0.158. The Morgan fingerprint density at radius 2 is 1.77 bits per heavy atom. The van der Waals surface area contributed by atoms with E-state index in [1.54, 1.807) is 0 Å². The second kappa shape index (κ2) is 6.49. The van der Waals surface area contributed by atoms with Gasteiger partial charge in [-0.25, -0.2) is 0 Å². The molecule has 0 heterocycles. The topological polar surface area (TPSA) is 40.5 Å². The fourth-order valence-corrected chi connectivity index (χ4v) is 4.90. The van der Waals surface area contributed by atoms with Gasteiger partial charge in [0.1, 0.15) is 0 Å². The van der Waals surface area contributed by atoms with Crippen LogP contribution in [0.15, 0.2) is 23.3 Å². The van der Waals surface area contributed by atoms with Gasteiger partial charge in [0.25, 0.3) is 0 Å². The molecule has 0 amide bonds. The molecule has 2 N–H and O–H groups in total. The molecule has 2 aliphatic carbocycles. The standard InChI is InChI=1S/C20H34O2/c1-14-7-6-8-15(2)13-17(21)18-19(3,4)16(10-9-14)11-12-20(18,5)22/h8-9,16-18,21-22H,6-7,10-13H2,1-5H3/b14-9-,15-8-/t16-,17-,18-,20-/m1/s1. The van der Waals surface area contributed by atoms with Crippen LogP contribution in [0.1, 0.15) is 73.1 Å². The van der Waals surface area contributed by atoms with Crippen LogP contribution < -0.4 is 0 Å². The van der Waals surface area contributed by atoms with E-state index in [1.165, 1.54) is 11.1 Å². The number of rotatable bonds is 0. The summed E-state index contributed by atoms with van der Waals surface area (Å²) in [5.74, 6) is 0.460. The highest BCUT2D eigenvalue weighted by Crippen LogP contribution is 2.53. The SMILES string of the molecule is C/C1=C/C[C@@H]2CC[C@@](C)(O)[C@H]([C@H](O)C/C(C)=C\CC1)C2(C)C. The molecular formula is C20H34O2. The highest BCUT2D eigenvalue weighted by atomic mass is 16.3. The van der Waals surface area contributed by atoms with Gasteiger partial charge in [-0.3, -0.25) is 0 Å². The lowest BCUT2D eigenvalue weighted by Crippen LogP contribution is -2.56. The summed E-state index contributed by atoms with van der Waals surface area (Å²) in [6.07, 6.45) is 9.93. The molecule has 22 heavy (non-hydrogen) atoms. The number of aliphatic hydroxyl groups excluding tert-OH is 1.